The van der Waals surface area contributed by atoms with E-state index in [1.54, 1.807) is 25.1 Å². The first-order valence-corrected chi connectivity index (χ1v) is 6.79. The van der Waals surface area contributed by atoms with Crippen molar-refractivity contribution < 1.29 is 23.8 Å². The Kier molecular flexibility index (Phi) is 4.61. The van der Waals surface area contributed by atoms with Gasteiger partial charge in [-0.05, 0) is 25.5 Å². The van der Waals surface area contributed by atoms with Crippen molar-refractivity contribution >= 4 is 11.8 Å². The van der Waals surface area contributed by atoms with Crippen LogP contribution in [-0.2, 0) is 9.53 Å². The molecule has 1 heterocycles. The summed E-state index contributed by atoms with van der Waals surface area (Å²) in [4.78, 5) is 23.2. The number of hydrogen-bond donors (Lipinski definition) is 0. The lowest BCUT2D eigenvalue weighted by Gasteiger charge is -2.17. The highest BCUT2D eigenvalue weighted by Crippen LogP contribution is 2.30. The first-order valence-electron chi connectivity index (χ1n) is 6.79. The van der Waals surface area contributed by atoms with Gasteiger partial charge >= 0.3 is 5.97 Å². The Labute approximate surface area is 117 Å². The molecular formula is C15H18O5. The highest BCUT2D eigenvalue weighted by molar-refractivity contribution is 6.02. The number of ether oxygens (including phenoxy) is 3. The molecule has 1 aromatic rings. The van der Waals surface area contributed by atoms with E-state index >= 15 is 0 Å². The normalized spacial score (nSPS) is 14.4. The Morgan fingerprint density at radius 3 is 2.90 bits per heavy atom. The lowest BCUT2D eigenvalue weighted by Crippen LogP contribution is -2.29. The van der Waals surface area contributed by atoms with Crippen molar-refractivity contribution in [2.75, 3.05) is 13.2 Å². The summed E-state index contributed by atoms with van der Waals surface area (Å²) in [6.45, 7) is 4.12. The molecule has 0 N–H and O–H groups in total. The monoisotopic (exact) mass is 278 g/mol. The van der Waals surface area contributed by atoms with E-state index in [0.29, 0.717) is 30.1 Å². The molecule has 20 heavy (non-hydrogen) atoms. The third-order valence-electron chi connectivity index (χ3n) is 2.99. The fourth-order valence-corrected chi connectivity index (χ4v) is 2.03. The Morgan fingerprint density at radius 1 is 1.40 bits per heavy atom. The van der Waals surface area contributed by atoms with E-state index in [2.05, 4.69) is 0 Å². The summed E-state index contributed by atoms with van der Waals surface area (Å²) < 4.78 is 15.9. The Morgan fingerprint density at radius 2 is 2.20 bits per heavy atom. The highest BCUT2D eigenvalue weighted by Gasteiger charge is 2.24. The van der Waals surface area contributed by atoms with E-state index in [0.717, 1.165) is 6.42 Å². The van der Waals surface area contributed by atoms with Gasteiger partial charge in [-0.25, -0.2) is 4.79 Å². The van der Waals surface area contributed by atoms with Crippen LogP contribution in [0, 0.1) is 0 Å². The van der Waals surface area contributed by atoms with Gasteiger partial charge in [-0.15, -0.1) is 0 Å². The molecule has 1 unspecified atom stereocenters. The molecule has 1 aromatic carbocycles. The number of carbonyl (C=O) groups is 2. The van der Waals surface area contributed by atoms with Gasteiger partial charge in [0.1, 0.15) is 11.5 Å². The first kappa shape index (κ1) is 14.4. The van der Waals surface area contributed by atoms with Crippen molar-refractivity contribution in [1.82, 2.24) is 0 Å². The van der Waals surface area contributed by atoms with Crippen molar-refractivity contribution in [3.8, 4) is 11.5 Å². The number of hydrogen-bond acceptors (Lipinski definition) is 5. The van der Waals surface area contributed by atoms with Crippen LogP contribution in [0.25, 0.3) is 0 Å². The number of carbonyl (C=O) groups excluding carboxylic acids is 2. The third-order valence-corrected chi connectivity index (χ3v) is 2.99. The minimum absolute atomic E-state index is 0.0398. The maximum absolute atomic E-state index is 11.8. The van der Waals surface area contributed by atoms with Crippen LogP contribution in [0.4, 0.5) is 0 Å². The third kappa shape index (κ3) is 3.10. The van der Waals surface area contributed by atoms with Crippen LogP contribution in [0.5, 0.6) is 11.5 Å². The topological polar surface area (TPSA) is 61.8 Å². The Balaban J connectivity index is 2.11. The van der Waals surface area contributed by atoms with Gasteiger partial charge in [-0.3, -0.25) is 4.79 Å². The van der Waals surface area contributed by atoms with Crippen molar-refractivity contribution in [2.45, 2.75) is 32.8 Å². The van der Waals surface area contributed by atoms with Crippen LogP contribution in [-0.4, -0.2) is 31.1 Å². The molecule has 0 bridgehead atoms. The molecule has 0 radical (unpaired) electrons. The first-order chi connectivity index (χ1) is 9.65. The van der Waals surface area contributed by atoms with Gasteiger partial charge < -0.3 is 14.2 Å². The largest absolute Gasteiger partial charge is 0.485 e. The number of rotatable bonds is 6. The molecule has 0 saturated carbocycles. The van der Waals surface area contributed by atoms with Gasteiger partial charge in [0.25, 0.3) is 0 Å². The highest BCUT2D eigenvalue weighted by atomic mass is 16.6. The van der Waals surface area contributed by atoms with Gasteiger partial charge in [0.05, 0.1) is 12.2 Å². The molecule has 108 valence electrons. The van der Waals surface area contributed by atoms with Gasteiger partial charge in [-0.1, -0.05) is 13.3 Å². The summed E-state index contributed by atoms with van der Waals surface area (Å²) in [5.74, 6) is 0.602. The fraction of sp³-hybridized carbons (Fsp3) is 0.467. The number of Topliss-reactive ketones (excluding diaryl/α,β-unsaturated/α-hetero) is 1. The predicted octanol–water partition coefficient (Wildman–Crippen LogP) is 2.37. The van der Waals surface area contributed by atoms with Gasteiger partial charge in [0.2, 0.25) is 5.78 Å². The standard InChI is InChI=1S/C15H18O5/c1-3-5-13(15(17)18-4-2)20-10-6-7-11-12(16)9-19-14(11)8-10/h6-8,13H,3-5,9H2,1-2H3. The lowest BCUT2D eigenvalue weighted by molar-refractivity contribution is -0.151. The number of ketones is 1. The summed E-state index contributed by atoms with van der Waals surface area (Å²) in [6.07, 6.45) is 0.758. The van der Waals surface area contributed by atoms with Crippen LogP contribution < -0.4 is 9.47 Å². The molecule has 2 rings (SSSR count). The van der Waals surface area contributed by atoms with E-state index in [9.17, 15) is 9.59 Å². The van der Waals surface area contributed by atoms with Gasteiger partial charge in [0.15, 0.2) is 12.7 Å². The summed E-state index contributed by atoms with van der Waals surface area (Å²) in [7, 11) is 0. The average molecular weight is 278 g/mol. The summed E-state index contributed by atoms with van der Waals surface area (Å²) in [5.41, 5.74) is 0.556. The molecule has 0 spiro atoms. The second-order valence-electron chi connectivity index (χ2n) is 4.52. The SMILES string of the molecule is CCCC(Oc1ccc2c(c1)OCC2=O)C(=O)OCC. The zero-order valence-electron chi connectivity index (χ0n) is 11.7. The molecule has 0 aliphatic carbocycles. The average Bonchev–Trinajstić information content (AvgIpc) is 2.80. The van der Waals surface area contributed by atoms with E-state index in [4.69, 9.17) is 14.2 Å². The maximum atomic E-state index is 11.8. The molecule has 0 fully saturated rings. The molecule has 5 nitrogen and oxygen atoms in total. The van der Waals surface area contributed by atoms with Crippen LogP contribution >= 0.6 is 0 Å². The molecule has 0 aromatic heterocycles. The van der Waals surface area contributed by atoms with E-state index < -0.39 is 6.10 Å². The van der Waals surface area contributed by atoms with E-state index in [1.807, 2.05) is 6.92 Å². The molecule has 0 amide bonds. The zero-order valence-corrected chi connectivity index (χ0v) is 11.7. The van der Waals surface area contributed by atoms with Gasteiger partial charge in [-0.2, -0.15) is 0 Å². The van der Waals surface area contributed by atoms with Crippen LogP contribution in [0.15, 0.2) is 18.2 Å². The summed E-state index contributed by atoms with van der Waals surface area (Å²) in [5, 5.41) is 0. The Bertz CT molecular complexity index is 509. The molecular weight excluding hydrogens is 260 g/mol. The second-order valence-corrected chi connectivity index (χ2v) is 4.52. The number of esters is 1. The fourth-order valence-electron chi connectivity index (χ4n) is 2.03. The maximum Gasteiger partial charge on any atom is 0.347 e. The summed E-state index contributed by atoms with van der Waals surface area (Å²) >= 11 is 0. The molecule has 0 saturated heterocycles. The smallest absolute Gasteiger partial charge is 0.347 e. The summed E-state index contributed by atoms with van der Waals surface area (Å²) in [6, 6.07) is 4.98. The number of fused-ring (bicyclic) bond motifs is 1. The molecule has 1 aliphatic heterocycles. The Hall–Kier alpha value is -2.04. The quantitative estimate of drug-likeness (QED) is 0.748. The van der Waals surface area contributed by atoms with Crippen molar-refractivity contribution in [1.29, 1.82) is 0 Å². The zero-order chi connectivity index (χ0) is 14.5. The predicted molar refractivity (Wildman–Crippen MR) is 72.2 cm³/mol. The molecule has 1 atom stereocenters. The molecule has 1 aliphatic rings. The minimum Gasteiger partial charge on any atom is -0.485 e. The van der Waals surface area contributed by atoms with Crippen LogP contribution in [0.2, 0.25) is 0 Å². The number of benzene rings is 1. The van der Waals surface area contributed by atoms with Crippen molar-refractivity contribution in [2.24, 2.45) is 0 Å². The van der Waals surface area contributed by atoms with Crippen molar-refractivity contribution in [3.63, 3.8) is 0 Å². The molecule has 5 heteroatoms. The van der Waals surface area contributed by atoms with Gasteiger partial charge in [0, 0.05) is 6.07 Å². The minimum atomic E-state index is -0.630. The van der Waals surface area contributed by atoms with Crippen LogP contribution in [0.1, 0.15) is 37.0 Å². The van der Waals surface area contributed by atoms with E-state index in [1.165, 1.54) is 0 Å². The lowest BCUT2D eigenvalue weighted by atomic mass is 10.1. The van der Waals surface area contributed by atoms with E-state index in [-0.39, 0.29) is 18.4 Å². The second kappa shape index (κ2) is 6.41. The van der Waals surface area contributed by atoms with Crippen LogP contribution in [0.3, 0.4) is 0 Å². The van der Waals surface area contributed by atoms with Crippen molar-refractivity contribution in [3.05, 3.63) is 23.8 Å².